The minimum Gasteiger partial charge on any atom is -0.472 e. The second kappa shape index (κ2) is 5.12. The van der Waals surface area contributed by atoms with Crippen LogP contribution in [-0.4, -0.2) is 59.1 Å². The van der Waals surface area contributed by atoms with Gasteiger partial charge in [-0.15, -0.1) is 0 Å². The van der Waals surface area contributed by atoms with Crippen LogP contribution in [0.4, 0.5) is 0 Å². The van der Waals surface area contributed by atoms with E-state index in [0.29, 0.717) is 25.2 Å². The van der Waals surface area contributed by atoms with Gasteiger partial charge in [-0.1, -0.05) is 0 Å². The van der Waals surface area contributed by atoms with Gasteiger partial charge >= 0.3 is 0 Å². The van der Waals surface area contributed by atoms with E-state index in [2.05, 4.69) is 4.90 Å². The van der Waals surface area contributed by atoms with Gasteiger partial charge in [0.15, 0.2) is 0 Å². The van der Waals surface area contributed by atoms with E-state index in [1.165, 1.54) is 12.5 Å². The second-order valence-electron chi connectivity index (χ2n) is 5.39. The highest BCUT2D eigenvalue weighted by atomic mass is 16.3. The van der Waals surface area contributed by atoms with Crippen LogP contribution < -0.4 is 0 Å². The summed E-state index contributed by atoms with van der Waals surface area (Å²) in [6, 6.07) is 1.69. The molecule has 2 heterocycles. The Morgan fingerprint density at radius 3 is 2.56 bits per heavy atom. The van der Waals surface area contributed by atoms with Crippen LogP contribution in [0.15, 0.2) is 23.0 Å². The highest BCUT2D eigenvalue weighted by Gasteiger charge is 2.25. The maximum atomic E-state index is 12.1. The van der Waals surface area contributed by atoms with Crippen LogP contribution in [-0.2, 0) is 0 Å². The number of amides is 1. The lowest BCUT2D eigenvalue weighted by Gasteiger charge is -2.37. The third-order valence-electron chi connectivity index (χ3n) is 3.04. The standard InChI is InChI=1S/C13H20N2O3/c1-13(2,17)10-14-4-6-15(7-5-14)12(16)11-3-8-18-9-11/h3,8-9,17H,4-7,10H2,1-2H3. The molecule has 0 spiro atoms. The van der Waals surface area contributed by atoms with Crippen molar-refractivity contribution in [3.8, 4) is 0 Å². The molecule has 1 N–H and O–H groups in total. The van der Waals surface area contributed by atoms with Crippen molar-refractivity contribution < 1.29 is 14.3 Å². The topological polar surface area (TPSA) is 56.9 Å². The van der Waals surface area contributed by atoms with E-state index in [9.17, 15) is 9.90 Å². The summed E-state index contributed by atoms with van der Waals surface area (Å²) in [4.78, 5) is 16.1. The lowest BCUT2D eigenvalue weighted by molar-refractivity contribution is 0.0178. The van der Waals surface area contributed by atoms with E-state index < -0.39 is 5.60 Å². The van der Waals surface area contributed by atoms with Crippen LogP contribution in [0, 0.1) is 0 Å². The van der Waals surface area contributed by atoms with E-state index in [-0.39, 0.29) is 5.91 Å². The Balaban J connectivity index is 1.85. The van der Waals surface area contributed by atoms with Gasteiger partial charge in [-0.2, -0.15) is 0 Å². The highest BCUT2D eigenvalue weighted by molar-refractivity contribution is 5.93. The van der Waals surface area contributed by atoms with Gasteiger partial charge in [-0.25, -0.2) is 0 Å². The number of aliphatic hydroxyl groups is 1. The van der Waals surface area contributed by atoms with Gasteiger partial charge in [0.2, 0.25) is 0 Å². The molecule has 100 valence electrons. The SMILES string of the molecule is CC(C)(O)CN1CCN(C(=O)c2ccoc2)CC1. The number of β-amino-alcohol motifs (C(OH)–C–C–N with tert-alkyl or cyclic N) is 1. The van der Waals surface area contributed by atoms with Crippen molar-refractivity contribution in [1.82, 2.24) is 9.80 Å². The minimum absolute atomic E-state index is 0.0201. The lowest BCUT2D eigenvalue weighted by atomic mass is 10.1. The first kappa shape index (κ1) is 13.1. The second-order valence-corrected chi connectivity index (χ2v) is 5.39. The lowest BCUT2D eigenvalue weighted by Crippen LogP contribution is -2.51. The Morgan fingerprint density at radius 1 is 1.39 bits per heavy atom. The van der Waals surface area contributed by atoms with E-state index in [4.69, 9.17) is 4.42 Å². The van der Waals surface area contributed by atoms with Crippen molar-refractivity contribution in [3.05, 3.63) is 24.2 Å². The zero-order valence-corrected chi connectivity index (χ0v) is 10.9. The molecule has 1 aromatic rings. The maximum absolute atomic E-state index is 12.1. The van der Waals surface area contributed by atoms with Gasteiger partial charge in [0.25, 0.3) is 5.91 Å². The highest BCUT2D eigenvalue weighted by Crippen LogP contribution is 2.11. The first-order valence-corrected chi connectivity index (χ1v) is 6.22. The third-order valence-corrected chi connectivity index (χ3v) is 3.04. The molecule has 0 aliphatic carbocycles. The molecule has 0 atom stereocenters. The molecule has 0 aromatic carbocycles. The van der Waals surface area contributed by atoms with Crippen LogP contribution in [0.3, 0.4) is 0 Å². The Hall–Kier alpha value is -1.33. The Morgan fingerprint density at radius 2 is 2.06 bits per heavy atom. The number of rotatable bonds is 3. The summed E-state index contributed by atoms with van der Waals surface area (Å²) in [5, 5.41) is 9.76. The summed E-state index contributed by atoms with van der Waals surface area (Å²) >= 11 is 0. The Bertz CT molecular complexity index is 387. The smallest absolute Gasteiger partial charge is 0.257 e. The number of piperazine rings is 1. The number of hydrogen-bond acceptors (Lipinski definition) is 4. The number of nitrogens with zero attached hydrogens (tertiary/aromatic N) is 2. The van der Waals surface area contributed by atoms with E-state index in [0.717, 1.165) is 13.1 Å². The fourth-order valence-corrected chi connectivity index (χ4v) is 2.23. The number of carbonyl (C=O) groups excluding carboxylic acids is 1. The molecule has 18 heavy (non-hydrogen) atoms. The summed E-state index contributed by atoms with van der Waals surface area (Å²) in [7, 11) is 0. The fourth-order valence-electron chi connectivity index (χ4n) is 2.23. The first-order valence-electron chi connectivity index (χ1n) is 6.22. The van der Waals surface area contributed by atoms with Crippen molar-refractivity contribution >= 4 is 5.91 Å². The van der Waals surface area contributed by atoms with Crippen LogP contribution in [0.25, 0.3) is 0 Å². The first-order chi connectivity index (χ1) is 8.46. The largest absolute Gasteiger partial charge is 0.472 e. The molecular weight excluding hydrogens is 232 g/mol. The molecule has 1 fully saturated rings. The van der Waals surface area contributed by atoms with Gasteiger partial charge in [0, 0.05) is 32.7 Å². The van der Waals surface area contributed by atoms with Crippen molar-refractivity contribution in [3.63, 3.8) is 0 Å². The third kappa shape index (κ3) is 3.34. The van der Waals surface area contributed by atoms with Crippen molar-refractivity contribution in [1.29, 1.82) is 0 Å². The van der Waals surface area contributed by atoms with Gasteiger partial charge in [0.05, 0.1) is 17.4 Å². The van der Waals surface area contributed by atoms with E-state index >= 15 is 0 Å². The monoisotopic (exact) mass is 252 g/mol. The van der Waals surface area contributed by atoms with Crippen LogP contribution in [0.2, 0.25) is 0 Å². The van der Waals surface area contributed by atoms with Crippen molar-refractivity contribution in [2.24, 2.45) is 0 Å². The molecule has 0 radical (unpaired) electrons. The van der Waals surface area contributed by atoms with Gasteiger partial charge in [-0.05, 0) is 19.9 Å². The number of carbonyl (C=O) groups is 1. The maximum Gasteiger partial charge on any atom is 0.257 e. The average molecular weight is 252 g/mol. The molecular formula is C13H20N2O3. The summed E-state index contributed by atoms with van der Waals surface area (Å²) in [6.07, 6.45) is 2.99. The molecule has 0 bridgehead atoms. The summed E-state index contributed by atoms with van der Waals surface area (Å²) < 4.78 is 4.92. The Labute approximate surface area is 107 Å². The molecule has 0 unspecified atom stereocenters. The molecule has 1 aliphatic heterocycles. The quantitative estimate of drug-likeness (QED) is 0.865. The summed E-state index contributed by atoms with van der Waals surface area (Å²) in [5.74, 6) is 0.0201. The zero-order chi connectivity index (χ0) is 13.2. The molecule has 1 amide bonds. The fraction of sp³-hybridized carbons (Fsp3) is 0.615. The van der Waals surface area contributed by atoms with E-state index in [1.54, 1.807) is 19.9 Å². The minimum atomic E-state index is -0.684. The predicted molar refractivity (Wildman–Crippen MR) is 67.3 cm³/mol. The predicted octanol–water partition coefficient (Wildman–Crippen LogP) is 0.808. The molecule has 0 saturated carbocycles. The van der Waals surface area contributed by atoms with Crippen LogP contribution in [0.5, 0.6) is 0 Å². The summed E-state index contributed by atoms with van der Waals surface area (Å²) in [5.41, 5.74) is -0.0811. The molecule has 5 heteroatoms. The number of furan rings is 1. The average Bonchev–Trinajstić information content (AvgIpc) is 2.80. The van der Waals surface area contributed by atoms with Crippen LogP contribution in [0.1, 0.15) is 24.2 Å². The Kier molecular flexibility index (Phi) is 3.73. The van der Waals surface area contributed by atoms with Gasteiger partial charge < -0.3 is 14.4 Å². The van der Waals surface area contributed by atoms with Crippen LogP contribution >= 0.6 is 0 Å². The summed E-state index contributed by atoms with van der Waals surface area (Å²) in [6.45, 7) is 7.23. The van der Waals surface area contributed by atoms with Crippen molar-refractivity contribution in [2.45, 2.75) is 19.4 Å². The van der Waals surface area contributed by atoms with Gasteiger partial charge in [-0.3, -0.25) is 9.69 Å². The van der Waals surface area contributed by atoms with Gasteiger partial charge in [0.1, 0.15) is 6.26 Å². The zero-order valence-electron chi connectivity index (χ0n) is 10.9. The number of hydrogen-bond donors (Lipinski definition) is 1. The molecule has 1 saturated heterocycles. The molecule has 5 nitrogen and oxygen atoms in total. The molecule has 1 aliphatic rings. The normalized spacial score (nSPS) is 18.1. The molecule has 2 rings (SSSR count). The van der Waals surface area contributed by atoms with E-state index in [1.807, 2.05) is 4.90 Å². The molecule has 1 aromatic heterocycles. The van der Waals surface area contributed by atoms with Crippen molar-refractivity contribution in [2.75, 3.05) is 32.7 Å².